The highest BCUT2D eigenvalue weighted by Crippen LogP contribution is 2.35. The second-order valence-electron chi connectivity index (χ2n) is 4.42. The van der Waals surface area contributed by atoms with Crippen LogP contribution in [-0.4, -0.2) is 29.8 Å². The third-order valence-electron chi connectivity index (χ3n) is 3.03. The Balaban J connectivity index is 2.41. The molecule has 3 atom stereocenters. The van der Waals surface area contributed by atoms with E-state index in [4.69, 9.17) is 10.9 Å². The van der Waals surface area contributed by atoms with Gasteiger partial charge in [-0.3, -0.25) is 0 Å². The maximum atomic E-state index is 12.6. The molecule has 0 amide bonds. The van der Waals surface area contributed by atoms with Crippen LogP contribution in [0.5, 0.6) is 0 Å². The molecular formula is C10H18F3N3O. The zero-order valence-electron chi connectivity index (χ0n) is 9.67. The summed E-state index contributed by atoms with van der Waals surface area (Å²) in [4.78, 5) is 0. The summed E-state index contributed by atoms with van der Waals surface area (Å²) < 4.78 is 37.7. The second-order valence-corrected chi connectivity index (χ2v) is 4.42. The molecule has 0 radical (unpaired) electrons. The molecule has 0 aromatic rings. The van der Waals surface area contributed by atoms with Gasteiger partial charge in [-0.15, -0.1) is 0 Å². The van der Waals surface area contributed by atoms with E-state index in [-0.39, 0.29) is 12.6 Å². The lowest BCUT2D eigenvalue weighted by molar-refractivity contribution is -0.155. The van der Waals surface area contributed by atoms with Crippen LogP contribution in [0.4, 0.5) is 13.2 Å². The molecule has 1 saturated carbocycles. The summed E-state index contributed by atoms with van der Waals surface area (Å²) in [7, 11) is 0. The van der Waals surface area contributed by atoms with Crippen LogP contribution < -0.4 is 11.1 Å². The first-order chi connectivity index (χ1) is 7.90. The lowest BCUT2D eigenvalue weighted by Crippen LogP contribution is -2.43. The number of amidine groups is 1. The van der Waals surface area contributed by atoms with Gasteiger partial charge in [-0.05, 0) is 18.8 Å². The average Bonchev–Trinajstić information content (AvgIpc) is 2.95. The Kier molecular flexibility index (Phi) is 4.62. The zero-order chi connectivity index (χ0) is 13.1. The SMILES string of the molecule is CCCC1CC1NCC(C(N)=NO)C(F)(F)F. The summed E-state index contributed by atoms with van der Waals surface area (Å²) in [6, 6.07) is 0.145. The fraction of sp³-hybridized carbons (Fsp3) is 0.900. The van der Waals surface area contributed by atoms with Gasteiger partial charge in [0.1, 0.15) is 5.92 Å². The van der Waals surface area contributed by atoms with Crippen molar-refractivity contribution in [2.24, 2.45) is 22.7 Å². The average molecular weight is 253 g/mol. The molecule has 0 aromatic carbocycles. The lowest BCUT2D eigenvalue weighted by Gasteiger charge is -2.19. The van der Waals surface area contributed by atoms with E-state index in [1.54, 1.807) is 0 Å². The fourth-order valence-corrected chi connectivity index (χ4v) is 1.91. The number of nitrogens with two attached hydrogens (primary N) is 1. The smallest absolute Gasteiger partial charge is 0.400 e. The van der Waals surface area contributed by atoms with Crippen molar-refractivity contribution < 1.29 is 18.4 Å². The number of rotatable bonds is 6. The minimum Gasteiger partial charge on any atom is -0.409 e. The second kappa shape index (κ2) is 5.57. The van der Waals surface area contributed by atoms with Crippen LogP contribution in [0.15, 0.2) is 5.16 Å². The molecule has 4 N–H and O–H groups in total. The normalized spacial score (nSPS) is 26.9. The van der Waals surface area contributed by atoms with Crippen LogP contribution in [0.2, 0.25) is 0 Å². The summed E-state index contributed by atoms with van der Waals surface area (Å²) in [6.45, 7) is 1.72. The van der Waals surface area contributed by atoms with E-state index in [1.165, 1.54) is 0 Å². The Labute approximate surface area is 98.0 Å². The predicted octanol–water partition coefficient (Wildman–Crippen LogP) is 1.69. The van der Waals surface area contributed by atoms with E-state index < -0.39 is 17.9 Å². The molecule has 100 valence electrons. The Morgan fingerprint density at radius 1 is 1.59 bits per heavy atom. The first-order valence-corrected chi connectivity index (χ1v) is 5.67. The van der Waals surface area contributed by atoms with Crippen molar-refractivity contribution in [1.82, 2.24) is 5.32 Å². The molecular weight excluding hydrogens is 235 g/mol. The molecule has 0 aromatic heterocycles. The van der Waals surface area contributed by atoms with E-state index in [2.05, 4.69) is 10.5 Å². The van der Waals surface area contributed by atoms with Crippen molar-refractivity contribution in [1.29, 1.82) is 0 Å². The molecule has 4 nitrogen and oxygen atoms in total. The van der Waals surface area contributed by atoms with E-state index >= 15 is 0 Å². The van der Waals surface area contributed by atoms with Crippen molar-refractivity contribution in [3.05, 3.63) is 0 Å². The minimum absolute atomic E-state index is 0.145. The van der Waals surface area contributed by atoms with Gasteiger partial charge in [0.05, 0.1) is 0 Å². The summed E-state index contributed by atoms with van der Waals surface area (Å²) in [5.74, 6) is -2.24. The van der Waals surface area contributed by atoms with Crippen molar-refractivity contribution in [3.8, 4) is 0 Å². The van der Waals surface area contributed by atoms with Crippen molar-refractivity contribution in [3.63, 3.8) is 0 Å². The highest BCUT2D eigenvalue weighted by molar-refractivity contribution is 5.83. The fourth-order valence-electron chi connectivity index (χ4n) is 1.91. The largest absolute Gasteiger partial charge is 0.409 e. The Hall–Kier alpha value is -0.980. The van der Waals surface area contributed by atoms with E-state index in [0.717, 1.165) is 19.3 Å². The molecule has 1 fully saturated rings. The van der Waals surface area contributed by atoms with Gasteiger partial charge in [-0.2, -0.15) is 13.2 Å². The van der Waals surface area contributed by atoms with Crippen LogP contribution >= 0.6 is 0 Å². The summed E-state index contributed by atoms with van der Waals surface area (Å²) >= 11 is 0. The standard InChI is InChI=1S/C10H18F3N3O/c1-2-3-6-4-8(6)15-5-7(9(14)16-17)10(11,12)13/h6-8,15,17H,2-5H2,1H3,(H2,14,16). The monoisotopic (exact) mass is 253 g/mol. The quantitative estimate of drug-likeness (QED) is 0.292. The highest BCUT2D eigenvalue weighted by atomic mass is 19.4. The molecule has 1 rings (SSSR count). The van der Waals surface area contributed by atoms with E-state index in [1.807, 2.05) is 6.92 Å². The van der Waals surface area contributed by atoms with Gasteiger partial charge >= 0.3 is 6.18 Å². The van der Waals surface area contributed by atoms with Crippen molar-refractivity contribution in [2.45, 2.75) is 38.4 Å². The van der Waals surface area contributed by atoms with Crippen LogP contribution in [0.3, 0.4) is 0 Å². The summed E-state index contributed by atoms with van der Waals surface area (Å²) in [6.07, 6.45) is -1.52. The molecule has 1 aliphatic rings. The molecule has 1 aliphatic carbocycles. The maximum Gasteiger partial charge on any atom is 0.400 e. The molecule has 3 unspecified atom stereocenters. The molecule has 17 heavy (non-hydrogen) atoms. The Morgan fingerprint density at radius 3 is 2.71 bits per heavy atom. The molecule has 0 aliphatic heterocycles. The molecule has 0 bridgehead atoms. The third-order valence-corrected chi connectivity index (χ3v) is 3.03. The number of hydrogen-bond acceptors (Lipinski definition) is 3. The van der Waals surface area contributed by atoms with Gasteiger partial charge in [0.2, 0.25) is 0 Å². The topological polar surface area (TPSA) is 70.6 Å². The number of halogens is 3. The van der Waals surface area contributed by atoms with Crippen LogP contribution in [-0.2, 0) is 0 Å². The maximum absolute atomic E-state index is 12.6. The van der Waals surface area contributed by atoms with Gasteiger partial charge in [0.15, 0.2) is 5.84 Å². The highest BCUT2D eigenvalue weighted by Gasteiger charge is 2.44. The lowest BCUT2D eigenvalue weighted by atomic mass is 10.1. The van der Waals surface area contributed by atoms with Gasteiger partial charge in [-0.25, -0.2) is 0 Å². The van der Waals surface area contributed by atoms with Gasteiger partial charge in [0.25, 0.3) is 0 Å². The Bertz CT molecular complexity index is 280. The van der Waals surface area contributed by atoms with Crippen LogP contribution in [0.25, 0.3) is 0 Å². The summed E-state index contributed by atoms with van der Waals surface area (Å²) in [5.41, 5.74) is 5.04. The molecule has 0 saturated heterocycles. The third kappa shape index (κ3) is 4.07. The van der Waals surface area contributed by atoms with Crippen LogP contribution in [0, 0.1) is 11.8 Å². The van der Waals surface area contributed by atoms with Crippen molar-refractivity contribution >= 4 is 5.84 Å². The van der Waals surface area contributed by atoms with Crippen LogP contribution in [0.1, 0.15) is 26.2 Å². The number of nitrogens with zero attached hydrogens (tertiary/aromatic N) is 1. The number of oxime groups is 1. The molecule has 0 spiro atoms. The zero-order valence-corrected chi connectivity index (χ0v) is 9.67. The number of hydrogen-bond donors (Lipinski definition) is 3. The molecule has 0 heterocycles. The van der Waals surface area contributed by atoms with Crippen molar-refractivity contribution in [2.75, 3.05) is 6.54 Å². The molecule has 7 heteroatoms. The van der Waals surface area contributed by atoms with E-state index in [0.29, 0.717) is 5.92 Å². The first kappa shape index (κ1) is 14.1. The predicted molar refractivity (Wildman–Crippen MR) is 57.8 cm³/mol. The van der Waals surface area contributed by atoms with E-state index in [9.17, 15) is 13.2 Å². The Morgan fingerprint density at radius 2 is 2.24 bits per heavy atom. The van der Waals surface area contributed by atoms with Gasteiger partial charge < -0.3 is 16.3 Å². The van der Waals surface area contributed by atoms with Gasteiger partial charge in [-0.1, -0.05) is 18.5 Å². The summed E-state index contributed by atoms with van der Waals surface area (Å²) in [5, 5.41) is 13.6. The number of alkyl halides is 3. The van der Waals surface area contributed by atoms with Gasteiger partial charge in [0, 0.05) is 12.6 Å². The first-order valence-electron chi connectivity index (χ1n) is 5.67. The number of nitrogens with one attached hydrogen (secondary N) is 1. The minimum atomic E-state index is -4.49.